The molecule has 0 saturated carbocycles. The molecule has 0 spiro atoms. The highest BCUT2D eigenvalue weighted by atomic mass is 15.1. The number of aryl methyl sites for hydroxylation is 1. The molecule has 1 aromatic rings. The molecule has 0 radical (unpaired) electrons. The molecule has 98 valence electrons. The number of aromatic nitrogens is 2. The Labute approximate surface area is 106 Å². The Morgan fingerprint density at radius 3 is 2.71 bits per heavy atom. The van der Waals surface area contributed by atoms with E-state index in [9.17, 15) is 0 Å². The molecule has 0 atom stereocenters. The maximum absolute atomic E-state index is 4.51. The lowest BCUT2D eigenvalue weighted by atomic mass is 9.88. The smallest absolute Gasteiger partial charge is 0.114 e. The average molecular weight is 237 g/mol. The zero-order chi connectivity index (χ0) is 12.9. The summed E-state index contributed by atoms with van der Waals surface area (Å²) in [6.07, 6.45) is 5.09. The molecule has 1 rings (SSSR count). The van der Waals surface area contributed by atoms with Gasteiger partial charge in [-0.2, -0.15) is 0 Å². The minimum Gasteiger partial charge on any atom is -0.335 e. The second kappa shape index (κ2) is 6.20. The van der Waals surface area contributed by atoms with Crippen molar-refractivity contribution in [3.8, 4) is 0 Å². The van der Waals surface area contributed by atoms with E-state index in [4.69, 9.17) is 0 Å². The van der Waals surface area contributed by atoms with Gasteiger partial charge in [0, 0.05) is 24.4 Å². The first-order valence-corrected chi connectivity index (χ1v) is 6.69. The van der Waals surface area contributed by atoms with Crippen LogP contribution in [0.5, 0.6) is 0 Å². The maximum atomic E-state index is 4.51. The Kier molecular flexibility index (Phi) is 5.19. The fraction of sp³-hybridized carbons (Fsp3) is 0.786. The number of rotatable bonds is 7. The van der Waals surface area contributed by atoms with Crippen molar-refractivity contribution in [2.75, 3.05) is 13.1 Å². The lowest BCUT2D eigenvalue weighted by Crippen LogP contribution is -2.30. The van der Waals surface area contributed by atoms with E-state index in [0.29, 0.717) is 0 Å². The van der Waals surface area contributed by atoms with Gasteiger partial charge in [-0.05, 0) is 32.4 Å². The van der Waals surface area contributed by atoms with E-state index in [1.165, 1.54) is 5.82 Å². The number of imidazole rings is 1. The molecule has 3 heteroatoms. The SMILES string of the molecule is CCn1ccnc1C(C)(C)CCNCC(C)C. The van der Waals surface area contributed by atoms with Crippen LogP contribution in [0.1, 0.15) is 46.9 Å². The number of hydrogen-bond donors (Lipinski definition) is 1. The van der Waals surface area contributed by atoms with Crippen LogP contribution in [0.15, 0.2) is 12.4 Å². The molecule has 0 fully saturated rings. The quantitative estimate of drug-likeness (QED) is 0.739. The zero-order valence-corrected chi connectivity index (χ0v) is 12.0. The lowest BCUT2D eigenvalue weighted by molar-refractivity contribution is 0.407. The van der Waals surface area contributed by atoms with Gasteiger partial charge in [0.05, 0.1) is 0 Å². The summed E-state index contributed by atoms with van der Waals surface area (Å²) in [4.78, 5) is 4.51. The predicted molar refractivity (Wildman–Crippen MR) is 73.3 cm³/mol. The highest BCUT2D eigenvalue weighted by Crippen LogP contribution is 2.24. The predicted octanol–water partition coefficient (Wildman–Crippen LogP) is 2.82. The molecule has 0 saturated heterocycles. The van der Waals surface area contributed by atoms with Gasteiger partial charge >= 0.3 is 0 Å². The molecule has 0 aliphatic rings. The minimum absolute atomic E-state index is 0.142. The number of nitrogens with one attached hydrogen (secondary N) is 1. The zero-order valence-electron chi connectivity index (χ0n) is 12.0. The van der Waals surface area contributed by atoms with Crippen LogP contribution in [-0.4, -0.2) is 22.6 Å². The van der Waals surface area contributed by atoms with Crippen molar-refractivity contribution in [1.29, 1.82) is 0 Å². The van der Waals surface area contributed by atoms with E-state index in [1.807, 2.05) is 6.20 Å². The van der Waals surface area contributed by atoms with Crippen molar-refractivity contribution in [1.82, 2.24) is 14.9 Å². The summed E-state index contributed by atoms with van der Waals surface area (Å²) in [6.45, 7) is 14.3. The number of nitrogens with zero attached hydrogens (tertiary/aromatic N) is 2. The number of hydrogen-bond acceptors (Lipinski definition) is 2. The minimum atomic E-state index is 0.142. The van der Waals surface area contributed by atoms with Gasteiger partial charge in [-0.25, -0.2) is 4.98 Å². The molecule has 0 aliphatic heterocycles. The van der Waals surface area contributed by atoms with Gasteiger partial charge in [-0.15, -0.1) is 0 Å². The van der Waals surface area contributed by atoms with Gasteiger partial charge in [0.25, 0.3) is 0 Å². The molecule has 0 unspecified atom stereocenters. The summed E-state index contributed by atoms with van der Waals surface area (Å²) in [6, 6.07) is 0. The summed E-state index contributed by atoms with van der Waals surface area (Å²) in [5.41, 5.74) is 0.142. The third-order valence-corrected chi connectivity index (χ3v) is 3.14. The van der Waals surface area contributed by atoms with E-state index in [-0.39, 0.29) is 5.41 Å². The van der Waals surface area contributed by atoms with Crippen LogP contribution in [0.4, 0.5) is 0 Å². The Morgan fingerprint density at radius 1 is 1.41 bits per heavy atom. The standard InChI is InChI=1S/C14H27N3/c1-6-17-10-9-16-13(17)14(4,5)7-8-15-11-12(2)3/h9-10,12,15H,6-8,11H2,1-5H3. The van der Waals surface area contributed by atoms with Crippen LogP contribution >= 0.6 is 0 Å². The molecule has 0 aliphatic carbocycles. The summed E-state index contributed by atoms with van der Waals surface area (Å²) in [5.74, 6) is 1.92. The van der Waals surface area contributed by atoms with Crippen molar-refractivity contribution >= 4 is 0 Å². The molecule has 0 aromatic carbocycles. The van der Waals surface area contributed by atoms with Crippen molar-refractivity contribution in [2.24, 2.45) is 5.92 Å². The summed E-state index contributed by atoms with van der Waals surface area (Å²) in [5, 5.41) is 3.50. The van der Waals surface area contributed by atoms with Crippen molar-refractivity contribution < 1.29 is 0 Å². The Bertz CT molecular complexity index is 326. The molecule has 17 heavy (non-hydrogen) atoms. The molecule has 0 bridgehead atoms. The van der Waals surface area contributed by atoms with Gasteiger partial charge in [-0.1, -0.05) is 27.7 Å². The maximum Gasteiger partial charge on any atom is 0.114 e. The Balaban J connectivity index is 2.50. The van der Waals surface area contributed by atoms with Crippen LogP contribution in [0.3, 0.4) is 0 Å². The highest BCUT2D eigenvalue weighted by molar-refractivity contribution is 5.06. The molecule has 0 amide bonds. The molecular weight excluding hydrogens is 210 g/mol. The Morgan fingerprint density at radius 2 is 2.12 bits per heavy atom. The average Bonchev–Trinajstić information content (AvgIpc) is 2.73. The first-order valence-electron chi connectivity index (χ1n) is 6.69. The van der Waals surface area contributed by atoms with Crippen molar-refractivity contribution in [3.63, 3.8) is 0 Å². The molecule has 1 aromatic heterocycles. The first kappa shape index (κ1) is 14.2. The van der Waals surface area contributed by atoms with Gasteiger partial charge in [-0.3, -0.25) is 0 Å². The second-order valence-electron chi connectivity index (χ2n) is 5.77. The van der Waals surface area contributed by atoms with E-state index < -0.39 is 0 Å². The topological polar surface area (TPSA) is 29.9 Å². The van der Waals surface area contributed by atoms with E-state index >= 15 is 0 Å². The lowest BCUT2D eigenvalue weighted by Gasteiger charge is -2.25. The van der Waals surface area contributed by atoms with Crippen molar-refractivity contribution in [2.45, 2.75) is 53.0 Å². The van der Waals surface area contributed by atoms with Crippen LogP contribution in [0, 0.1) is 5.92 Å². The summed E-state index contributed by atoms with van der Waals surface area (Å²) >= 11 is 0. The van der Waals surface area contributed by atoms with Crippen LogP contribution in [0.25, 0.3) is 0 Å². The first-order chi connectivity index (χ1) is 7.97. The fourth-order valence-electron chi connectivity index (χ4n) is 2.05. The van der Waals surface area contributed by atoms with Gasteiger partial charge in [0.2, 0.25) is 0 Å². The van der Waals surface area contributed by atoms with Crippen LogP contribution in [-0.2, 0) is 12.0 Å². The monoisotopic (exact) mass is 237 g/mol. The highest BCUT2D eigenvalue weighted by Gasteiger charge is 2.24. The van der Waals surface area contributed by atoms with Crippen LogP contribution < -0.4 is 5.32 Å². The molecule has 3 nitrogen and oxygen atoms in total. The Hall–Kier alpha value is -0.830. The normalized spacial score (nSPS) is 12.4. The third kappa shape index (κ3) is 4.15. The van der Waals surface area contributed by atoms with Gasteiger partial charge < -0.3 is 9.88 Å². The largest absolute Gasteiger partial charge is 0.335 e. The van der Waals surface area contributed by atoms with Crippen LogP contribution in [0.2, 0.25) is 0 Å². The second-order valence-corrected chi connectivity index (χ2v) is 5.77. The summed E-state index contributed by atoms with van der Waals surface area (Å²) < 4.78 is 2.24. The molecular formula is C14H27N3. The fourth-order valence-corrected chi connectivity index (χ4v) is 2.05. The van der Waals surface area contributed by atoms with Crippen molar-refractivity contribution in [3.05, 3.63) is 18.2 Å². The van der Waals surface area contributed by atoms with E-state index in [2.05, 4.69) is 55.7 Å². The third-order valence-electron chi connectivity index (χ3n) is 3.14. The van der Waals surface area contributed by atoms with E-state index in [1.54, 1.807) is 0 Å². The van der Waals surface area contributed by atoms with Gasteiger partial charge in [0.1, 0.15) is 5.82 Å². The van der Waals surface area contributed by atoms with Gasteiger partial charge in [0.15, 0.2) is 0 Å². The molecule has 1 heterocycles. The summed E-state index contributed by atoms with van der Waals surface area (Å²) in [7, 11) is 0. The molecule has 1 N–H and O–H groups in total. The van der Waals surface area contributed by atoms with E-state index in [0.717, 1.165) is 32.0 Å².